The molecule has 0 atom stereocenters. The minimum Gasteiger partial charge on any atom is -0.370 e. The number of aromatic nitrogens is 3. The van der Waals surface area contributed by atoms with E-state index < -0.39 is 0 Å². The summed E-state index contributed by atoms with van der Waals surface area (Å²) in [7, 11) is 6.06. The number of benzene rings is 2. The quantitative estimate of drug-likeness (QED) is 0.228. The van der Waals surface area contributed by atoms with Gasteiger partial charge in [-0.15, -0.1) is 0 Å². The Morgan fingerprint density at radius 2 is 1.82 bits per heavy atom. The van der Waals surface area contributed by atoms with Crippen molar-refractivity contribution in [2.24, 2.45) is 0 Å². The van der Waals surface area contributed by atoms with Gasteiger partial charge in [0.2, 0.25) is 5.91 Å². The van der Waals surface area contributed by atoms with Gasteiger partial charge in [0.25, 0.3) is 0 Å². The highest BCUT2D eigenvalue weighted by Crippen LogP contribution is 2.28. The molecule has 0 spiro atoms. The molecule has 0 aliphatic rings. The van der Waals surface area contributed by atoms with E-state index >= 15 is 0 Å². The molecule has 2 radical (unpaired) electrons. The van der Waals surface area contributed by atoms with Crippen molar-refractivity contribution in [3.8, 4) is 11.3 Å². The third kappa shape index (κ3) is 5.81. The van der Waals surface area contributed by atoms with E-state index in [9.17, 15) is 4.79 Å². The van der Waals surface area contributed by atoms with Crippen LogP contribution >= 0.6 is 11.6 Å². The Hall–Kier alpha value is -3.58. The molecule has 164 valence electrons. The van der Waals surface area contributed by atoms with E-state index in [0.29, 0.717) is 29.2 Å². The van der Waals surface area contributed by atoms with Crippen molar-refractivity contribution < 1.29 is 4.79 Å². The lowest BCUT2D eigenvalue weighted by atomic mass is 10.0. The Balaban J connectivity index is 1.32. The van der Waals surface area contributed by atoms with Crippen LogP contribution in [-0.2, 0) is 4.79 Å². The summed E-state index contributed by atoms with van der Waals surface area (Å²) in [6.45, 7) is 1.31. The third-order valence-corrected chi connectivity index (χ3v) is 5.41. The first-order valence-corrected chi connectivity index (χ1v) is 11.1. The zero-order valence-electron chi connectivity index (χ0n) is 18.0. The molecule has 0 saturated heterocycles. The van der Waals surface area contributed by atoms with Crippen LogP contribution in [0.2, 0.25) is 5.02 Å². The van der Waals surface area contributed by atoms with E-state index in [4.69, 9.17) is 19.4 Å². The smallest absolute Gasteiger partial charge is 0.243 e. The van der Waals surface area contributed by atoms with Crippen molar-refractivity contribution in [1.82, 2.24) is 19.9 Å². The number of hydrogen-bond donors (Lipinski definition) is 2. The van der Waals surface area contributed by atoms with Crippen molar-refractivity contribution in [2.75, 3.05) is 18.4 Å². The zero-order valence-corrected chi connectivity index (χ0v) is 18.8. The standard InChI is InChI=1S/C25H23BClN5O/c26-20-17-30-32-23(16-22(31-25(20)32)19-10-4-5-11-21(19)27)28-14-6-7-15-29-24(33)13-12-18-8-2-1-3-9-18/h1-5,8-13,16-17,28H,6-7,14-15H2,(H,29,33)/b13-12+. The lowest BCUT2D eigenvalue weighted by Gasteiger charge is -2.12. The molecule has 8 heteroatoms. The van der Waals surface area contributed by atoms with Crippen LogP contribution in [0.5, 0.6) is 0 Å². The second kappa shape index (κ2) is 10.8. The SMILES string of the molecule is [B]c1cnn2c(NCCCCNC(=O)/C=C/c3ccccc3)cc(-c3ccccc3Cl)nc12. The number of fused-ring (bicyclic) bond motifs is 1. The molecule has 0 fully saturated rings. The molecular weight excluding hydrogens is 433 g/mol. The normalized spacial score (nSPS) is 11.2. The summed E-state index contributed by atoms with van der Waals surface area (Å²) < 4.78 is 1.69. The highest BCUT2D eigenvalue weighted by molar-refractivity contribution is 6.36. The minimum atomic E-state index is -0.0981. The summed E-state index contributed by atoms with van der Waals surface area (Å²) in [6, 6.07) is 19.2. The second-order valence-corrected chi connectivity index (χ2v) is 7.92. The van der Waals surface area contributed by atoms with Gasteiger partial charge in [-0.25, -0.2) is 4.98 Å². The molecule has 0 aliphatic heterocycles. The van der Waals surface area contributed by atoms with Crippen LogP contribution in [0, 0.1) is 0 Å². The molecule has 2 heterocycles. The van der Waals surface area contributed by atoms with Gasteiger partial charge < -0.3 is 10.6 Å². The zero-order chi connectivity index (χ0) is 23.0. The van der Waals surface area contributed by atoms with Gasteiger partial charge >= 0.3 is 0 Å². The Kier molecular flexibility index (Phi) is 7.42. The molecule has 0 saturated carbocycles. The fourth-order valence-electron chi connectivity index (χ4n) is 3.39. The van der Waals surface area contributed by atoms with Crippen LogP contribution in [0.25, 0.3) is 23.0 Å². The Bertz CT molecular complexity index is 1270. The number of nitrogens with one attached hydrogen (secondary N) is 2. The summed E-state index contributed by atoms with van der Waals surface area (Å²) in [4.78, 5) is 16.6. The maximum Gasteiger partial charge on any atom is 0.243 e. The highest BCUT2D eigenvalue weighted by atomic mass is 35.5. The maximum absolute atomic E-state index is 12.0. The first-order chi connectivity index (χ1) is 16.1. The lowest BCUT2D eigenvalue weighted by Crippen LogP contribution is -2.22. The van der Waals surface area contributed by atoms with Gasteiger partial charge in [-0.2, -0.15) is 9.61 Å². The van der Waals surface area contributed by atoms with Gasteiger partial charge in [-0.1, -0.05) is 60.1 Å². The fourth-order valence-corrected chi connectivity index (χ4v) is 3.62. The molecule has 0 bridgehead atoms. The topological polar surface area (TPSA) is 71.3 Å². The van der Waals surface area contributed by atoms with Gasteiger partial charge in [0.05, 0.1) is 5.69 Å². The second-order valence-electron chi connectivity index (χ2n) is 7.51. The van der Waals surface area contributed by atoms with Crippen molar-refractivity contribution in [1.29, 1.82) is 0 Å². The number of unbranched alkanes of at least 4 members (excludes halogenated alkanes) is 1. The van der Waals surface area contributed by atoms with Gasteiger partial charge in [0, 0.05) is 42.0 Å². The molecule has 2 N–H and O–H groups in total. The van der Waals surface area contributed by atoms with Gasteiger partial charge in [0.15, 0.2) is 5.65 Å². The summed E-state index contributed by atoms with van der Waals surface area (Å²) in [6.07, 6.45) is 6.65. The molecule has 4 aromatic rings. The van der Waals surface area contributed by atoms with Crippen LogP contribution in [0.1, 0.15) is 18.4 Å². The van der Waals surface area contributed by atoms with E-state index in [1.54, 1.807) is 22.9 Å². The third-order valence-electron chi connectivity index (χ3n) is 5.08. The van der Waals surface area contributed by atoms with E-state index in [0.717, 1.165) is 35.5 Å². The van der Waals surface area contributed by atoms with Crippen LogP contribution in [-0.4, -0.2) is 41.4 Å². The van der Waals surface area contributed by atoms with Crippen LogP contribution < -0.4 is 16.1 Å². The van der Waals surface area contributed by atoms with Gasteiger partial charge in [0.1, 0.15) is 13.7 Å². The molecular formula is C25H23BClN5O. The number of halogens is 1. The van der Waals surface area contributed by atoms with E-state index in [1.807, 2.05) is 60.7 Å². The fraction of sp³-hybridized carbons (Fsp3) is 0.160. The first-order valence-electron chi connectivity index (χ1n) is 10.8. The summed E-state index contributed by atoms with van der Waals surface area (Å²) in [5, 5.41) is 11.3. The van der Waals surface area contributed by atoms with Crippen LogP contribution in [0.15, 0.2) is 72.9 Å². The van der Waals surface area contributed by atoms with Crippen molar-refractivity contribution in [3.05, 3.63) is 83.5 Å². The average molecular weight is 456 g/mol. The molecule has 0 aliphatic carbocycles. The monoisotopic (exact) mass is 455 g/mol. The minimum absolute atomic E-state index is 0.0981. The molecule has 1 amide bonds. The summed E-state index contributed by atoms with van der Waals surface area (Å²) in [5.74, 6) is 0.681. The molecule has 0 unspecified atom stereocenters. The summed E-state index contributed by atoms with van der Waals surface area (Å²) >= 11 is 6.37. The predicted octanol–water partition coefficient (Wildman–Crippen LogP) is 3.87. The van der Waals surface area contributed by atoms with Crippen LogP contribution in [0.4, 0.5) is 5.82 Å². The number of hydrogen-bond acceptors (Lipinski definition) is 4. The van der Waals surface area contributed by atoms with E-state index in [2.05, 4.69) is 20.7 Å². The highest BCUT2D eigenvalue weighted by Gasteiger charge is 2.12. The van der Waals surface area contributed by atoms with E-state index in [1.165, 1.54) is 0 Å². The summed E-state index contributed by atoms with van der Waals surface area (Å²) in [5.41, 5.74) is 3.62. The Morgan fingerprint density at radius 1 is 1.06 bits per heavy atom. The first kappa shape index (κ1) is 22.6. The number of rotatable bonds is 9. The molecule has 6 nitrogen and oxygen atoms in total. The van der Waals surface area contributed by atoms with Crippen LogP contribution in [0.3, 0.4) is 0 Å². The average Bonchev–Trinajstić information content (AvgIpc) is 3.21. The number of nitrogens with zero attached hydrogens (tertiary/aromatic N) is 3. The number of amides is 1. The lowest BCUT2D eigenvalue weighted by molar-refractivity contribution is -0.116. The Morgan fingerprint density at radius 3 is 2.64 bits per heavy atom. The number of carbonyl (C=O) groups is 1. The van der Waals surface area contributed by atoms with Crippen molar-refractivity contribution in [3.63, 3.8) is 0 Å². The molecule has 33 heavy (non-hydrogen) atoms. The molecule has 2 aromatic heterocycles. The maximum atomic E-state index is 12.0. The molecule has 4 rings (SSSR count). The van der Waals surface area contributed by atoms with Crippen molar-refractivity contribution >= 4 is 48.4 Å². The largest absolute Gasteiger partial charge is 0.370 e. The number of carbonyl (C=O) groups excluding carboxylic acids is 1. The van der Waals surface area contributed by atoms with Gasteiger partial charge in [-0.05, 0) is 36.0 Å². The molecule has 2 aromatic carbocycles. The predicted molar refractivity (Wildman–Crippen MR) is 135 cm³/mol. The van der Waals surface area contributed by atoms with Gasteiger partial charge in [-0.3, -0.25) is 4.79 Å². The Labute approximate surface area is 199 Å². The van der Waals surface area contributed by atoms with Crippen molar-refractivity contribution in [2.45, 2.75) is 12.8 Å². The van der Waals surface area contributed by atoms with E-state index in [-0.39, 0.29) is 5.91 Å². The number of anilines is 1.